The molecule has 0 N–H and O–H groups in total. The highest BCUT2D eigenvalue weighted by Gasteiger charge is 1.83. The van der Waals surface area contributed by atoms with E-state index in [1.165, 1.54) is 0 Å². The molecular weight excluding hydrogens is 110 g/mol. The Morgan fingerprint density at radius 3 is 2.44 bits per heavy atom. The van der Waals surface area contributed by atoms with E-state index in [1.807, 2.05) is 30.3 Å². The molecule has 45 valence electrons. The molecule has 0 spiro atoms. The van der Waals surface area contributed by atoms with E-state index in [1.54, 1.807) is 0 Å². The summed E-state index contributed by atoms with van der Waals surface area (Å²) in [6, 6.07) is 9.83. The van der Waals surface area contributed by atoms with E-state index in [2.05, 4.69) is 0 Å². The second kappa shape index (κ2) is 3.02. The first-order chi connectivity index (χ1) is 4.43. The van der Waals surface area contributed by atoms with Crippen LogP contribution in [0.25, 0.3) is 0 Å². The van der Waals surface area contributed by atoms with Crippen molar-refractivity contribution in [1.29, 1.82) is 0 Å². The monoisotopic (exact) mass is 118 g/mol. The largest absolute Gasteiger partial charge is 0.164 e. The Morgan fingerprint density at radius 2 is 1.89 bits per heavy atom. The van der Waals surface area contributed by atoms with Crippen molar-refractivity contribution in [1.82, 2.24) is 5.41 Å². The Bertz CT molecular complexity index is 179. The van der Waals surface area contributed by atoms with Crippen molar-refractivity contribution in [3.8, 4) is 0 Å². The van der Waals surface area contributed by atoms with Gasteiger partial charge >= 0.3 is 0 Å². The van der Waals surface area contributed by atoms with Gasteiger partial charge in [-0.3, -0.25) is 0 Å². The van der Waals surface area contributed by atoms with Gasteiger partial charge in [0, 0.05) is 12.6 Å². The third-order valence-corrected chi connectivity index (χ3v) is 1.17. The minimum Gasteiger partial charge on any atom is -0.164 e. The van der Waals surface area contributed by atoms with E-state index >= 15 is 0 Å². The fourth-order valence-corrected chi connectivity index (χ4v) is 0.720. The minimum atomic E-state index is 0.640. The first-order valence-corrected chi connectivity index (χ1v) is 2.93. The minimum absolute atomic E-state index is 0.640. The zero-order chi connectivity index (χ0) is 6.53. The number of hydrogen-bond acceptors (Lipinski definition) is 0. The summed E-state index contributed by atoms with van der Waals surface area (Å²) in [5, 5.41) is 8.39. The predicted molar refractivity (Wildman–Crippen MR) is 38.3 cm³/mol. The molecule has 0 fully saturated rings. The van der Waals surface area contributed by atoms with Crippen molar-refractivity contribution in [2.75, 3.05) is 0 Å². The lowest BCUT2D eigenvalue weighted by Crippen LogP contribution is -1.83. The fraction of sp³-hybridized carbons (Fsp3) is 0.125. The Kier molecular flexibility index (Phi) is 2.02. The summed E-state index contributed by atoms with van der Waals surface area (Å²) in [6.45, 7) is 0. The first kappa shape index (κ1) is 6.02. The highest BCUT2D eigenvalue weighted by Crippen LogP contribution is 1.96. The van der Waals surface area contributed by atoms with Gasteiger partial charge in [0.1, 0.15) is 0 Å². The van der Waals surface area contributed by atoms with Crippen LogP contribution in [-0.4, -0.2) is 6.21 Å². The molecule has 0 heterocycles. The van der Waals surface area contributed by atoms with E-state index < -0.39 is 0 Å². The van der Waals surface area contributed by atoms with Crippen LogP contribution in [0.3, 0.4) is 0 Å². The number of benzene rings is 1. The lowest BCUT2D eigenvalue weighted by atomic mass is 10.2. The van der Waals surface area contributed by atoms with Crippen molar-refractivity contribution in [2.24, 2.45) is 0 Å². The quantitative estimate of drug-likeness (QED) is 0.519. The van der Waals surface area contributed by atoms with Gasteiger partial charge in [-0.1, -0.05) is 30.3 Å². The van der Waals surface area contributed by atoms with Crippen molar-refractivity contribution < 1.29 is 0 Å². The molecule has 1 radical (unpaired) electrons. The van der Waals surface area contributed by atoms with E-state index in [4.69, 9.17) is 5.41 Å². The van der Waals surface area contributed by atoms with Gasteiger partial charge in [0.25, 0.3) is 0 Å². The second-order valence-corrected chi connectivity index (χ2v) is 1.87. The molecule has 1 rings (SSSR count). The standard InChI is InChI=1S/C8H8N/c9-7-6-8-4-2-1-3-5-8/h1-5,7H,6H2. The maximum atomic E-state index is 8.39. The highest BCUT2D eigenvalue weighted by atomic mass is 14.3. The van der Waals surface area contributed by atoms with Crippen molar-refractivity contribution in [2.45, 2.75) is 6.42 Å². The van der Waals surface area contributed by atoms with E-state index in [0.717, 1.165) is 11.8 Å². The summed E-state index contributed by atoms with van der Waals surface area (Å²) < 4.78 is 0. The van der Waals surface area contributed by atoms with Crippen LogP contribution in [0.1, 0.15) is 5.56 Å². The maximum Gasteiger partial charge on any atom is 0.0313 e. The molecule has 1 nitrogen and oxygen atoms in total. The normalized spacial score (nSPS) is 8.89. The summed E-state index contributed by atoms with van der Waals surface area (Å²) in [5.41, 5.74) is 1.14. The average Bonchev–Trinajstić information content (AvgIpc) is 1.91. The second-order valence-electron chi connectivity index (χ2n) is 1.87. The molecule has 0 aliphatic rings. The molecule has 1 aromatic rings. The Hall–Kier alpha value is -1.11. The lowest BCUT2D eigenvalue weighted by molar-refractivity contribution is 1.36. The molecule has 0 bridgehead atoms. The molecular formula is C8H8N. The molecule has 0 saturated heterocycles. The molecule has 1 aromatic carbocycles. The van der Waals surface area contributed by atoms with Crippen LogP contribution in [0.2, 0.25) is 0 Å². The average molecular weight is 118 g/mol. The smallest absolute Gasteiger partial charge is 0.0313 e. The number of nitrogens with zero attached hydrogens (tertiary/aromatic N) is 1. The fourth-order valence-electron chi connectivity index (χ4n) is 0.720. The SMILES string of the molecule is [N]=CCc1ccccc1. The Balaban J connectivity index is 2.72. The molecule has 0 unspecified atom stereocenters. The van der Waals surface area contributed by atoms with Gasteiger partial charge in [-0.15, -0.1) is 0 Å². The van der Waals surface area contributed by atoms with Gasteiger partial charge < -0.3 is 0 Å². The van der Waals surface area contributed by atoms with Gasteiger partial charge in [-0.2, -0.15) is 5.41 Å². The van der Waals surface area contributed by atoms with Gasteiger partial charge in [0.05, 0.1) is 0 Å². The molecule has 0 saturated carbocycles. The molecule has 1 heteroatoms. The third kappa shape index (κ3) is 1.68. The van der Waals surface area contributed by atoms with Crippen molar-refractivity contribution in [3.05, 3.63) is 35.9 Å². The molecule has 9 heavy (non-hydrogen) atoms. The molecule has 0 amide bonds. The zero-order valence-corrected chi connectivity index (χ0v) is 5.12. The topological polar surface area (TPSA) is 22.3 Å². The van der Waals surface area contributed by atoms with Crippen LogP contribution in [-0.2, 0) is 6.42 Å². The van der Waals surface area contributed by atoms with E-state index in [9.17, 15) is 0 Å². The highest BCUT2D eigenvalue weighted by molar-refractivity contribution is 5.58. The first-order valence-electron chi connectivity index (χ1n) is 2.93. The van der Waals surface area contributed by atoms with Gasteiger partial charge in [0.2, 0.25) is 0 Å². The molecule has 0 aromatic heterocycles. The van der Waals surface area contributed by atoms with Gasteiger partial charge in [-0.05, 0) is 5.56 Å². The number of rotatable bonds is 2. The van der Waals surface area contributed by atoms with E-state index in [0.29, 0.717) is 6.42 Å². The van der Waals surface area contributed by atoms with Gasteiger partial charge in [0.15, 0.2) is 0 Å². The summed E-state index contributed by atoms with van der Waals surface area (Å²) in [4.78, 5) is 0. The third-order valence-electron chi connectivity index (χ3n) is 1.17. The van der Waals surface area contributed by atoms with E-state index in [-0.39, 0.29) is 0 Å². The van der Waals surface area contributed by atoms with Crippen LogP contribution in [0.4, 0.5) is 0 Å². The summed E-state index contributed by atoms with van der Waals surface area (Å²) in [5.74, 6) is 0. The van der Waals surface area contributed by atoms with Gasteiger partial charge in [-0.25, -0.2) is 0 Å². The molecule has 0 aliphatic carbocycles. The van der Waals surface area contributed by atoms with Crippen molar-refractivity contribution in [3.63, 3.8) is 0 Å². The summed E-state index contributed by atoms with van der Waals surface area (Å²) in [6.07, 6.45) is 1.80. The zero-order valence-electron chi connectivity index (χ0n) is 5.12. The molecule has 0 aliphatic heterocycles. The number of hydrogen-bond donors (Lipinski definition) is 0. The Morgan fingerprint density at radius 1 is 1.22 bits per heavy atom. The maximum absolute atomic E-state index is 8.39. The van der Waals surface area contributed by atoms with Crippen molar-refractivity contribution >= 4 is 6.21 Å². The van der Waals surface area contributed by atoms with Crippen LogP contribution in [0.5, 0.6) is 0 Å². The lowest BCUT2D eigenvalue weighted by Gasteiger charge is -1.89. The summed E-state index contributed by atoms with van der Waals surface area (Å²) in [7, 11) is 0. The predicted octanol–water partition coefficient (Wildman–Crippen LogP) is 1.10. The van der Waals surface area contributed by atoms with Crippen LogP contribution in [0.15, 0.2) is 30.3 Å². The summed E-state index contributed by atoms with van der Waals surface area (Å²) >= 11 is 0. The van der Waals surface area contributed by atoms with Crippen LogP contribution < -0.4 is 5.41 Å². The molecule has 0 atom stereocenters. The Labute approximate surface area is 54.8 Å². The van der Waals surface area contributed by atoms with Crippen LogP contribution in [0, 0.1) is 0 Å². The van der Waals surface area contributed by atoms with Crippen LogP contribution >= 0.6 is 0 Å².